The van der Waals surface area contributed by atoms with Gasteiger partial charge in [0.05, 0.1) is 5.56 Å². The monoisotopic (exact) mass is 309 g/mol. The van der Waals surface area contributed by atoms with Gasteiger partial charge in [0.25, 0.3) is 5.91 Å². The summed E-state index contributed by atoms with van der Waals surface area (Å²) in [5.74, 6) is -0.136. The second-order valence-corrected chi connectivity index (χ2v) is 7.64. The lowest BCUT2D eigenvalue weighted by molar-refractivity contribution is 0.0874. The van der Waals surface area contributed by atoms with E-state index < -0.39 is 0 Å². The predicted molar refractivity (Wildman–Crippen MR) is 87.6 cm³/mol. The molecule has 2 rings (SSSR count). The van der Waals surface area contributed by atoms with Crippen molar-refractivity contribution >= 4 is 23.2 Å². The summed E-state index contributed by atoms with van der Waals surface area (Å²) in [6, 6.07) is 5.08. The number of carbonyl (C=O) groups excluding carboxylic acids is 1. The molecule has 4 N–H and O–H groups in total. The molecule has 0 aromatic heterocycles. The normalized spacial score (nSPS) is 21.0. The highest BCUT2D eigenvalue weighted by molar-refractivity contribution is 6.31. The standard InChI is InChI=1S/C16H24ClN3O/c1-15(2)8-11(9-16(3,4)20-15)19-14(21)12-6-5-10(17)7-13(12)18/h5-7,11,20H,8-9,18H2,1-4H3,(H,19,21). The first-order chi connectivity index (χ1) is 9.58. The smallest absolute Gasteiger partial charge is 0.253 e. The molecule has 1 heterocycles. The molecule has 0 unspecified atom stereocenters. The van der Waals surface area contributed by atoms with E-state index in [0.29, 0.717) is 16.3 Å². The van der Waals surface area contributed by atoms with Gasteiger partial charge in [-0.3, -0.25) is 4.79 Å². The number of nitrogen functional groups attached to an aromatic ring is 1. The molecule has 0 atom stereocenters. The van der Waals surface area contributed by atoms with Crippen LogP contribution in [0.3, 0.4) is 0 Å². The second-order valence-electron chi connectivity index (χ2n) is 7.20. The summed E-state index contributed by atoms with van der Waals surface area (Å²) in [4.78, 5) is 12.4. The third-order valence-corrected chi connectivity index (χ3v) is 4.02. The van der Waals surface area contributed by atoms with Crippen molar-refractivity contribution in [3.8, 4) is 0 Å². The number of nitrogens with one attached hydrogen (secondary N) is 2. The number of nitrogens with two attached hydrogens (primary N) is 1. The Bertz CT molecular complexity index is 538. The van der Waals surface area contributed by atoms with Gasteiger partial charge in [-0.1, -0.05) is 11.6 Å². The van der Waals surface area contributed by atoms with Gasteiger partial charge < -0.3 is 16.4 Å². The third-order valence-electron chi connectivity index (χ3n) is 3.78. The molecule has 1 fully saturated rings. The summed E-state index contributed by atoms with van der Waals surface area (Å²) < 4.78 is 0. The van der Waals surface area contributed by atoms with Crippen LogP contribution in [0.25, 0.3) is 0 Å². The number of carbonyl (C=O) groups is 1. The first kappa shape index (κ1) is 16.1. The van der Waals surface area contributed by atoms with Crippen molar-refractivity contribution in [1.82, 2.24) is 10.6 Å². The molecule has 0 aliphatic carbocycles. The van der Waals surface area contributed by atoms with E-state index >= 15 is 0 Å². The van der Waals surface area contributed by atoms with Gasteiger partial charge in [0, 0.05) is 27.8 Å². The maximum Gasteiger partial charge on any atom is 0.253 e. The van der Waals surface area contributed by atoms with Crippen LogP contribution in [-0.4, -0.2) is 23.0 Å². The Kier molecular flexibility index (Phi) is 4.22. The molecule has 0 radical (unpaired) electrons. The van der Waals surface area contributed by atoms with Crippen molar-refractivity contribution in [2.24, 2.45) is 0 Å². The predicted octanol–water partition coefficient (Wildman–Crippen LogP) is 2.96. The molecule has 116 valence electrons. The summed E-state index contributed by atoms with van der Waals surface area (Å²) in [7, 11) is 0. The van der Waals surface area contributed by atoms with Gasteiger partial charge in [-0.05, 0) is 58.7 Å². The largest absolute Gasteiger partial charge is 0.398 e. The summed E-state index contributed by atoms with van der Waals surface area (Å²) in [5, 5.41) is 7.24. The van der Waals surface area contributed by atoms with E-state index in [2.05, 4.69) is 38.3 Å². The lowest BCUT2D eigenvalue weighted by Gasteiger charge is -2.46. The number of halogens is 1. The van der Waals surface area contributed by atoms with Crippen LogP contribution in [0.15, 0.2) is 18.2 Å². The van der Waals surface area contributed by atoms with Crippen LogP contribution in [0.4, 0.5) is 5.69 Å². The summed E-state index contributed by atoms with van der Waals surface area (Å²) >= 11 is 5.87. The average molecular weight is 310 g/mol. The van der Waals surface area contributed by atoms with E-state index in [1.165, 1.54) is 0 Å². The van der Waals surface area contributed by atoms with Crippen LogP contribution >= 0.6 is 11.6 Å². The number of hydrogen-bond acceptors (Lipinski definition) is 3. The number of amides is 1. The molecule has 1 aromatic rings. The van der Waals surface area contributed by atoms with Crippen molar-refractivity contribution in [3.63, 3.8) is 0 Å². The molecular weight excluding hydrogens is 286 g/mol. The zero-order chi connectivity index (χ0) is 15.8. The van der Waals surface area contributed by atoms with Crippen molar-refractivity contribution in [2.75, 3.05) is 5.73 Å². The highest BCUT2D eigenvalue weighted by Gasteiger charge is 2.38. The molecule has 21 heavy (non-hydrogen) atoms. The number of piperidine rings is 1. The van der Waals surface area contributed by atoms with Crippen molar-refractivity contribution < 1.29 is 4.79 Å². The summed E-state index contributed by atoms with van der Waals surface area (Å²) in [6.45, 7) is 8.63. The Hall–Kier alpha value is -1.26. The maximum atomic E-state index is 12.4. The lowest BCUT2D eigenvalue weighted by atomic mass is 9.79. The molecular formula is C16H24ClN3O. The van der Waals surface area contributed by atoms with Crippen LogP contribution in [0.2, 0.25) is 5.02 Å². The molecule has 1 aliphatic heterocycles. The van der Waals surface area contributed by atoms with E-state index in [1.54, 1.807) is 18.2 Å². The first-order valence-corrected chi connectivity index (χ1v) is 7.61. The molecule has 1 saturated heterocycles. The fourth-order valence-corrected chi connectivity index (χ4v) is 3.61. The average Bonchev–Trinajstić information content (AvgIpc) is 2.23. The molecule has 0 saturated carbocycles. The number of benzene rings is 1. The Morgan fingerprint density at radius 3 is 2.38 bits per heavy atom. The topological polar surface area (TPSA) is 67.2 Å². The molecule has 4 nitrogen and oxygen atoms in total. The zero-order valence-electron chi connectivity index (χ0n) is 13.1. The van der Waals surface area contributed by atoms with Crippen LogP contribution in [-0.2, 0) is 0 Å². The first-order valence-electron chi connectivity index (χ1n) is 7.23. The van der Waals surface area contributed by atoms with E-state index in [-0.39, 0.29) is 23.0 Å². The van der Waals surface area contributed by atoms with Crippen molar-refractivity contribution in [1.29, 1.82) is 0 Å². The van der Waals surface area contributed by atoms with E-state index in [4.69, 9.17) is 17.3 Å². The molecule has 1 aromatic carbocycles. The summed E-state index contributed by atoms with van der Waals surface area (Å²) in [6.07, 6.45) is 1.77. The molecule has 0 spiro atoms. The summed E-state index contributed by atoms with van der Waals surface area (Å²) in [5.41, 5.74) is 6.75. The number of anilines is 1. The van der Waals surface area contributed by atoms with Crippen molar-refractivity contribution in [3.05, 3.63) is 28.8 Å². The zero-order valence-corrected chi connectivity index (χ0v) is 13.8. The minimum absolute atomic E-state index is 0.00869. The van der Waals surface area contributed by atoms with Crippen LogP contribution in [0.5, 0.6) is 0 Å². The van der Waals surface area contributed by atoms with Gasteiger partial charge in [0.1, 0.15) is 0 Å². The Morgan fingerprint density at radius 1 is 1.29 bits per heavy atom. The Labute approximate surface area is 131 Å². The van der Waals surface area contributed by atoms with Crippen LogP contribution in [0, 0.1) is 0 Å². The van der Waals surface area contributed by atoms with Crippen LogP contribution < -0.4 is 16.4 Å². The molecule has 5 heteroatoms. The van der Waals surface area contributed by atoms with Gasteiger partial charge in [-0.2, -0.15) is 0 Å². The number of rotatable bonds is 2. The van der Waals surface area contributed by atoms with Gasteiger partial charge >= 0.3 is 0 Å². The minimum Gasteiger partial charge on any atom is -0.398 e. The van der Waals surface area contributed by atoms with E-state index in [9.17, 15) is 4.79 Å². The van der Waals surface area contributed by atoms with E-state index in [1.807, 2.05) is 0 Å². The van der Waals surface area contributed by atoms with Gasteiger partial charge in [-0.15, -0.1) is 0 Å². The molecule has 1 aliphatic rings. The Morgan fingerprint density at radius 2 is 1.86 bits per heavy atom. The van der Waals surface area contributed by atoms with Gasteiger partial charge in [-0.25, -0.2) is 0 Å². The van der Waals surface area contributed by atoms with Gasteiger partial charge in [0.2, 0.25) is 0 Å². The van der Waals surface area contributed by atoms with Crippen LogP contribution in [0.1, 0.15) is 50.9 Å². The molecule has 1 amide bonds. The highest BCUT2D eigenvalue weighted by atomic mass is 35.5. The molecule has 0 bridgehead atoms. The Balaban J connectivity index is 2.12. The lowest BCUT2D eigenvalue weighted by Crippen LogP contribution is -2.62. The SMILES string of the molecule is CC1(C)CC(NC(=O)c2ccc(Cl)cc2N)CC(C)(C)N1. The fraction of sp³-hybridized carbons (Fsp3) is 0.562. The van der Waals surface area contributed by atoms with Crippen molar-refractivity contribution in [2.45, 2.75) is 57.7 Å². The van der Waals surface area contributed by atoms with Gasteiger partial charge in [0.15, 0.2) is 0 Å². The van der Waals surface area contributed by atoms with E-state index in [0.717, 1.165) is 12.8 Å². The second kappa shape index (κ2) is 5.50. The third kappa shape index (κ3) is 4.11. The quantitative estimate of drug-likeness (QED) is 0.736. The maximum absolute atomic E-state index is 12.4. The minimum atomic E-state index is -0.136. The fourth-order valence-electron chi connectivity index (χ4n) is 3.43. The highest BCUT2D eigenvalue weighted by Crippen LogP contribution is 2.29. The number of hydrogen-bond donors (Lipinski definition) is 3.